The van der Waals surface area contributed by atoms with E-state index in [1.165, 1.54) is 5.56 Å². The lowest BCUT2D eigenvalue weighted by molar-refractivity contribution is -0.117. The molecule has 98 valence electrons. The molecule has 4 heteroatoms. The van der Waals surface area contributed by atoms with Crippen molar-refractivity contribution in [3.05, 3.63) is 29.8 Å². The van der Waals surface area contributed by atoms with E-state index >= 15 is 0 Å². The number of nitrogens with zero attached hydrogens (tertiary/aromatic N) is 1. The highest BCUT2D eigenvalue weighted by atomic mass is 35.5. The van der Waals surface area contributed by atoms with E-state index in [1.54, 1.807) is 0 Å². The van der Waals surface area contributed by atoms with E-state index in [2.05, 4.69) is 18.4 Å². The van der Waals surface area contributed by atoms with E-state index in [1.807, 2.05) is 28.8 Å². The van der Waals surface area contributed by atoms with Gasteiger partial charge in [0.2, 0.25) is 5.91 Å². The summed E-state index contributed by atoms with van der Waals surface area (Å²) < 4.78 is 0. The van der Waals surface area contributed by atoms with Gasteiger partial charge in [0.25, 0.3) is 0 Å². The molecule has 1 unspecified atom stereocenters. The van der Waals surface area contributed by atoms with E-state index in [9.17, 15) is 4.79 Å². The molecule has 1 aromatic rings. The van der Waals surface area contributed by atoms with Gasteiger partial charge in [-0.05, 0) is 42.0 Å². The number of rotatable bonds is 5. The van der Waals surface area contributed by atoms with Gasteiger partial charge in [-0.3, -0.25) is 4.79 Å². The Bertz CT molecular complexity index is 407. The summed E-state index contributed by atoms with van der Waals surface area (Å²) in [5.74, 6) is 2.19. The van der Waals surface area contributed by atoms with E-state index in [0.29, 0.717) is 18.2 Å². The molecule has 1 atom stereocenters. The summed E-state index contributed by atoms with van der Waals surface area (Å²) in [6.07, 6.45) is 3.78. The maximum Gasteiger partial charge on any atom is 0.227 e. The van der Waals surface area contributed by atoms with Crippen LogP contribution in [0.25, 0.3) is 0 Å². The predicted octanol–water partition coefficient (Wildman–Crippen LogP) is 3.18. The van der Waals surface area contributed by atoms with E-state index in [0.717, 1.165) is 24.4 Å². The number of thioether (sulfide) groups is 1. The zero-order chi connectivity index (χ0) is 13.0. The summed E-state index contributed by atoms with van der Waals surface area (Å²) in [6.45, 7) is 0.756. The molecule has 0 radical (unpaired) electrons. The zero-order valence-electron chi connectivity index (χ0n) is 10.6. The molecule has 1 fully saturated rings. The maximum atomic E-state index is 11.9. The molecule has 1 aliphatic heterocycles. The quantitative estimate of drug-likeness (QED) is 0.774. The Morgan fingerprint density at radius 3 is 2.67 bits per heavy atom. The summed E-state index contributed by atoms with van der Waals surface area (Å²) in [5, 5.41) is 0. The van der Waals surface area contributed by atoms with Crippen molar-refractivity contribution in [1.29, 1.82) is 0 Å². The third kappa shape index (κ3) is 3.21. The van der Waals surface area contributed by atoms with Crippen LogP contribution >= 0.6 is 23.4 Å². The van der Waals surface area contributed by atoms with Crippen LogP contribution in [0.2, 0.25) is 0 Å². The van der Waals surface area contributed by atoms with Crippen LogP contribution in [0, 0.1) is 5.92 Å². The summed E-state index contributed by atoms with van der Waals surface area (Å²) in [6, 6.07) is 8.33. The largest absolute Gasteiger partial charge is 0.312 e. The van der Waals surface area contributed by atoms with Gasteiger partial charge in [0, 0.05) is 24.5 Å². The zero-order valence-corrected chi connectivity index (χ0v) is 12.1. The number of halogens is 1. The second-order valence-corrected chi connectivity index (χ2v) is 5.93. The number of alkyl halides is 1. The second-order valence-electron chi connectivity index (χ2n) is 4.64. The third-order valence-electron chi connectivity index (χ3n) is 3.27. The molecule has 0 bridgehead atoms. The average molecular weight is 284 g/mol. The van der Waals surface area contributed by atoms with Crippen molar-refractivity contribution in [2.24, 2.45) is 5.92 Å². The first-order valence-electron chi connectivity index (χ1n) is 6.18. The fourth-order valence-corrected chi connectivity index (χ4v) is 2.84. The lowest BCUT2D eigenvalue weighted by Gasteiger charge is -2.16. The molecule has 18 heavy (non-hydrogen) atoms. The molecule has 0 aliphatic carbocycles. The maximum absolute atomic E-state index is 11.9. The Hall–Kier alpha value is -0.670. The van der Waals surface area contributed by atoms with E-state index in [-0.39, 0.29) is 5.91 Å². The van der Waals surface area contributed by atoms with Crippen molar-refractivity contribution in [1.82, 2.24) is 0 Å². The Morgan fingerprint density at radius 2 is 2.11 bits per heavy atom. The molecule has 2 nitrogen and oxygen atoms in total. The fraction of sp³-hybridized carbons (Fsp3) is 0.500. The standard InChI is InChI=1S/C14H18ClNOS/c1-18-7-6-11-2-4-13(5-3-11)16-10-12(9-15)8-14(16)17/h2-5,12H,6-10H2,1H3. The summed E-state index contributed by atoms with van der Waals surface area (Å²) in [7, 11) is 0. The van der Waals surface area contributed by atoms with Crippen LogP contribution in [0.5, 0.6) is 0 Å². The average Bonchev–Trinajstić information content (AvgIpc) is 2.78. The van der Waals surface area contributed by atoms with Crippen molar-refractivity contribution in [3.8, 4) is 0 Å². The topological polar surface area (TPSA) is 20.3 Å². The van der Waals surface area contributed by atoms with Crippen molar-refractivity contribution in [3.63, 3.8) is 0 Å². The van der Waals surface area contributed by atoms with Crippen LogP contribution in [0.1, 0.15) is 12.0 Å². The number of aryl methyl sites for hydroxylation is 1. The number of hydrogen-bond donors (Lipinski definition) is 0. The van der Waals surface area contributed by atoms with Gasteiger partial charge >= 0.3 is 0 Å². The lowest BCUT2D eigenvalue weighted by atomic mass is 10.1. The lowest BCUT2D eigenvalue weighted by Crippen LogP contribution is -2.24. The van der Waals surface area contributed by atoms with Gasteiger partial charge < -0.3 is 4.90 Å². The predicted molar refractivity (Wildman–Crippen MR) is 79.7 cm³/mol. The number of amides is 1. The van der Waals surface area contributed by atoms with Crippen LogP contribution in [0.4, 0.5) is 5.69 Å². The molecule has 1 aliphatic rings. The minimum Gasteiger partial charge on any atom is -0.312 e. The normalized spacial score (nSPS) is 19.6. The van der Waals surface area contributed by atoms with Crippen molar-refractivity contribution in [2.75, 3.05) is 29.3 Å². The first-order valence-corrected chi connectivity index (χ1v) is 8.11. The van der Waals surface area contributed by atoms with Gasteiger partial charge in [-0.1, -0.05) is 12.1 Å². The number of anilines is 1. The van der Waals surface area contributed by atoms with Crippen LogP contribution in [-0.4, -0.2) is 30.3 Å². The molecular weight excluding hydrogens is 266 g/mol. The number of hydrogen-bond acceptors (Lipinski definition) is 2. The summed E-state index contributed by atoms with van der Waals surface area (Å²) in [4.78, 5) is 13.7. The monoisotopic (exact) mass is 283 g/mol. The Kier molecular flexibility index (Phi) is 4.95. The molecular formula is C14H18ClNOS. The van der Waals surface area contributed by atoms with Gasteiger partial charge in [0.05, 0.1) is 0 Å². The van der Waals surface area contributed by atoms with Crippen molar-refractivity contribution in [2.45, 2.75) is 12.8 Å². The Balaban J connectivity index is 2.03. The minimum absolute atomic E-state index is 0.192. The van der Waals surface area contributed by atoms with Gasteiger partial charge in [-0.15, -0.1) is 11.6 Å². The molecule has 1 aromatic carbocycles. The number of carbonyl (C=O) groups excluding carboxylic acids is 1. The molecule has 2 rings (SSSR count). The smallest absolute Gasteiger partial charge is 0.227 e. The molecule has 1 amide bonds. The number of carbonyl (C=O) groups is 1. The van der Waals surface area contributed by atoms with Crippen LogP contribution in [0.15, 0.2) is 24.3 Å². The van der Waals surface area contributed by atoms with Gasteiger partial charge in [-0.25, -0.2) is 0 Å². The highest BCUT2D eigenvalue weighted by molar-refractivity contribution is 7.98. The van der Waals surface area contributed by atoms with Crippen LogP contribution in [0.3, 0.4) is 0 Å². The second kappa shape index (κ2) is 6.48. The number of benzene rings is 1. The van der Waals surface area contributed by atoms with Crippen molar-refractivity contribution >= 4 is 35.0 Å². The molecule has 0 N–H and O–H groups in total. The van der Waals surface area contributed by atoms with Crippen LogP contribution < -0.4 is 4.90 Å². The molecule has 0 saturated carbocycles. The Morgan fingerprint density at radius 1 is 1.39 bits per heavy atom. The highest BCUT2D eigenvalue weighted by Crippen LogP contribution is 2.26. The summed E-state index contributed by atoms with van der Waals surface area (Å²) >= 11 is 7.68. The van der Waals surface area contributed by atoms with E-state index < -0.39 is 0 Å². The first kappa shape index (κ1) is 13.8. The molecule has 1 saturated heterocycles. The van der Waals surface area contributed by atoms with Gasteiger partial charge in [0.15, 0.2) is 0 Å². The Labute approximate surface area is 118 Å². The fourth-order valence-electron chi connectivity index (χ4n) is 2.20. The van der Waals surface area contributed by atoms with Gasteiger partial charge in [0.1, 0.15) is 0 Å². The van der Waals surface area contributed by atoms with Gasteiger partial charge in [-0.2, -0.15) is 11.8 Å². The highest BCUT2D eigenvalue weighted by Gasteiger charge is 2.29. The summed E-state index contributed by atoms with van der Waals surface area (Å²) in [5.41, 5.74) is 2.33. The molecule has 1 heterocycles. The van der Waals surface area contributed by atoms with Crippen molar-refractivity contribution < 1.29 is 4.79 Å². The van der Waals surface area contributed by atoms with Crippen LogP contribution in [-0.2, 0) is 11.2 Å². The first-order chi connectivity index (χ1) is 8.74. The SMILES string of the molecule is CSCCc1ccc(N2CC(CCl)CC2=O)cc1. The third-order valence-corrected chi connectivity index (χ3v) is 4.32. The van der Waals surface area contributed by atoms with E-state index in [4.69, 9.17) is 11.6 Å². The minimum atomic E-state index is 0.192. The molecule has 0 aromatic heterocycles. The molecule has 0 spiro atoms.